The molecule has 5 nitrogen and oxygen atoms in total. The van der Waals surface area contributed by atoms with Gasteiger partial charge in [0.1, 0.15) is 12.4 Å². The fraction of sp³-hybridized carbons (Fsp3) is 0.467. The number of hydrogen-bond acceptors (Lipinski definition) is 3. The first-order valence-electron chi connectivity index (χ1n) is 7.11. The maximum Gasteiger partial charge on any atom is 0.191 e. The van der Waals surface area contributed by atoms with Crippen molar-refractivity contribution < 1.29 is 4.74 Å². The summed E-state index contributed by atoms with van der Waals surface area (Å²) in [6.07, 6.45) is 9.97. The molecule has 0 saturated carbocycles. The lowest BCUT2D eigenvalue weighted by Crippen LogP contribution is -2.42. The van der Waals surface area contributed by atoms with Gasteiger partial charge in [-0.15, -0.1) is 0 Å². The van der Waals surface area contributed by atoms with Crippen molar-refractivity contribution in [1.29, 1.82) is 0 Å². The van der Waals surface area contributed by atoms with E-state index in [1.807, 2.05) is 12.1 Å². The number of aliphatic imine (C=N–C) groups is 1. The van der Waals surface area contributed by atoms with Crippen LogP contribution in [0.5, 0.6) is 5.75 Å². The normalized spacial score (nSPS) is 15.3. The van der Waals surface area contributed by atoms with Crippen LogP contribution < -0.4 is 15.4 Å². The van der Waals surface area contributed by atoms with Gasteiger partial charge < -0.3 is 15.4 Å². The molecule has 0 saturated heterocycles. The zero-order valence-electron chi connectivity index (χ0n) is 11.9. The fourth-order valence-electron chi connectivity index (χ4n) is 2.00. The van der Waals surface area contributed by atoms with E-state index in [0.29, 0.717) is 19.2 Å². The third-order valence-electron chi connectivity index (χ3n) is 2.96. The van der Waals surface area contributed by atoms with Crippen molar-refractivity contribution in [2.75, 3.05) is 19.7 Å². The van der Waals surface area contributed by atoms with Crippen molar-refractivity contribution in [3.8, 4) is 5.75 Å². The minimum Gasteiger partial charge on any atom is -0.490 e. The van der Waals surface area contributed by atoms with Gasteiger partial charge in [-0.2, -0.15) is 0 Å². The van der Waals surface area contributed by atoms with Crippen molar-refractivity contribution >= 4 is 5.96 Å². The van der Waals surface area contributed by atoms with Crippen LogP contribution in [0.2, 0.25) is 0 Å². The predicted octanol–water partition coefficient (Wildman–Crippen LogP) is 1.73. The third-order valence-corrected chi connectivity index (χ3v) is 2.96. The summed E-state index contributed by atoms with van der Waals surface area (Å²) in [7, 11) is 0. The Bertz CT molecular complexity index is 436. The van der Waals surface area contributed by atoms with Gasteiger partial charge in [-0.25, -0.2) is 4.99 Å². The number of guanidine groups is 1. The fourth-order valence-corrected chi connectivity index (χ4v) is 2.00. The van der Waals surface area contributed by atoms with E-state index in [1.165, 1.54) is 0 Å². The zero-order valence-corrected chi connectivity index (χ0v) is 11.9. The highest BCUT2D eigenvalue weighted by Gasteiger charge is 2.11. The van der Waals surface area contributed by atoms with Crippen LogP contribution in [-0.2, 0) is 0 Å². The molecule has 0 aliphatic heterocycles. The highest BCUT2D eigenvalue weighted by Crippen LogP contribution is 2.08. The monoisotopic (exact) mass is 274 g/mol. The Morgan fingerprint density at radius 2 is 2.30 bits per heavy atom. The van der Waals surface area contributed by atoms with E-state index in [4.69, 9.17) is 4.74 Å². The lowest BCUT2D eigenvalue weighted by atomic mass is 10.2. The Labute approximate surface area is 120 Å². The van der Waals surface area contributed by atoms with Gasteiger partial charge in [0.25, 0.3) is 0 Å². The van der Waals surface area contributed by atoms with Crippen LogP contribution in [0.3, 0.4) is 0 Å². The van der Waals surface area contributed by atoms with Crippen molar-refractivity contribution in [2.24, 2.45) is 4.99 Å². The van der Waals surface area contributed by atoms with E-state index in [0.717, 1.165) is 31.1 Å². The summed E-state index contributed by atoms with van der Waals surface area (Å²) >= 11 is 0. The quantitative estimate of drug-likeness (QED) is 0.359. The molecule has 0 radical (unpaired) electrons. The predicted molar refractivity (Wildman–Crippen MR) is 81.0 cm³/mol. The second-order valence-corrected chi connectivity index (χ2v) is 4.58. The number of nitrogens with zero attached hydrogens (tertiary/aromatic N) is 2. The molecule has 0 spiro atoms. The van der Waals surface area contributed by atoms with Crippen LogP contribution in [0.15, 0.2) is 41.7 Å². The largest absolute Gasteiger partial charge is 0.490 e. The van der Waals surface area contributed by atoms with Crippen LogP contribution >= 0.6 is 0 Å². The van der Waals surface area contributed by atoms with E-state index in [1.54, 1.807) is 12.4 Å². The summed E-state index contributed by atoms with van der Waals surface area (Å²) in [5, 5.41) is 6.68. The molecule has 1 heterocycles. The zero-order chi connectivity index (χ0) is 14.0. The maximum atomic E-state index is 5.57. The SMILES string of the molecule is CCNC(=NCCOc1cccnc1)NC1CC=CC1. The summed E-state index contributed by atoms with van der Waals surface area (Å²) in [5.41, 5.74) is 0. The average Bonchev–Trinajstić information content (AvgIpc) is 2.98. The molecule has 1 aromatic rings. The van der Waals surface area contributed by atoms with Gasteiger partial charge in [-0.05, 0) is 31.9 Å². The summed E-state index contributed by atoms with van der Waals surface area (Å²) in [6, 6.07) is 4.22. The number of hydrogen-bond donors (Lipinski definition) is 2. The molecule has 2 N–H and O–H groups in total. The molecule has 1 aliphatic carbocycles. The Balaban J connectivity index is 1.73. The molecular weight excluding hydrogens is 252 g/mol. The summed E-state index contributed by atoms with van der Waals surface area (Å²) < 4.78 is 5.57. The smallest absolute Gasteiger partial charge is 0.191 e. The van der Waals surface area contributed by atoms with Gasteiger partial charge in [0, 0.05) is 18.8 Å². The summed E-state index contributed by atoms with van der Waals surface area (Å²) in [4.78, 5) is 8.52. The minimum atomic E-state index is 0.465. The Morgan fingerprint density at radius 1 is 1.45 bits per heavy atom. The molecule has 5 heteroatoms. The second kappa shape index (κ2) is 8.19. The van der Waals surface area contributed by atoms with E-state index in [2.05, 4.69) is 39.7 Å². The first-order chi connectivity index (χ1) is 9.88. The number of pyridine rings is 1. The maximum absolute atomic E-state index is 5.57. The van der Waals surface area contributed by atoms with Gasteiger partial charge in [-0.3, -0.25) is 4.98 Å². The van der Waals surface area contributed by atoms with Crippen LogP contribution in [0.1, 0.15) is 19.8 Å². The molecule has 1 aliphatic rings. The molecule has 0 atom stereocenters. The molecular formula is C15H22N4O. The third kappa shape index (κ3) is 4.91. The highest BCUT2D eigenvalue weighted by molar-refractivity contribution is 5.80. The number of ether oxygens (including phenoxy) is 1. The molecule has 0 bridgehead atoms. The molecule has 108 valence electrons. The lowest BCUT2D eigenvalue weighted by molar-refractivity contribution is 0.327. The topological polar surface area (TPSA) is 58.5 Å². The number of nitrogens with one attached hydrogen (secondary N) is 2. The van der Waals surface area contributed by atoms with Gasteiger partial charge in [-0.1, -0.05) is 12.2 Å². The summed E-state index contributed by atoms with van der Waals surface area (Å²) in [6.45, 7) is 4.08. The van der Waals surface area contributed by atoms with Crippen LogP contribution in [0.4, 0.5) is 0 Å². The van der Waals surface area contributed by atoms with Gasteiger partial charge in [0.2, 0.25) is 0 Å². The Kier molecular flexibility index (Phi) is 5.89. The van der Waals surface area contributed by atoms with E-state index >= 15 is 0 Å². The van der Waals surface area contributed by atoms with E-state index in [-0.39, 0.29) is 0 Å². The lowest BCUT2D eigenvalue weighted by Gasteiger charge is -2.16. The van der Waals surface area contributed by atoms with Crippen molar-refractivity contribution in [2.45, 2.75) is 25.8 Å². The number of aromatic nitrogens is 1. The molecule has 0 amide bonds. The average molecular weight is 274 g/mol. The molecule has 1 aromatic heterocycles. The minimum absolute atomic E-state index is 0.465. The number of rotatable bonds is 6. The second-order valence-electron chi connectivity index (χ2n) is 4.58. The highest BCUT2D eigenvalue weighted by atomic mass is 16.5. The molecule has 2 rings (SSSR count). The Morgan fingerprint density at radius 3 is 3.00 bits per heavy atom. The van der Waals surface area contributed by atoms with Crippen molar-refractivity contribution in [3.63, 3.8) is 0 Å². The van der Waals surface area contributed by atoms with E-state index < -0.39 is 0 Å². The first kappa shape index (κ1) is 14.4. The molecule has 0 aromatic carbocycles. The van der Waals surface area contributed by atoms with Crippen molar-refractivity contribution in [1.82, 2.24) is 15.6 Å². The standard InChI is InChI=1S/C15H22N4O/c1-2-17-15(19-13-6-3-4-7-13)18-10-11-20-14-8-5-9-16-12-14/h3-5,8-9,12-13H,2,6-7,10-11H2,1H3,(H2,17,18,19). The van der Waals surface area contributed by atoms with Crippen LogP contribution in [0.25, 0.3) is 0 Å². The van der Waals surface area contributed by atoms with Crippen LogP contribution in [0, 0.1) is 0 Å². The Hall–Kier alpha value is -2.04. The van der Waals surface area contributed by atoms with Gasteiger partial charge in [0.15, 0.2) is 5.96 Å². The van der Waals surface area contributed by atoms with Crippen molar-refractivity contribution in [3.05, 3.63) is 36.7 Å². The first-order valence-corrected chi connectivity index (χ1v) is 7.11. The summed E-state index contributed by atoms with van der Waals surface area (Å²) in [5.74, 6) is 1.64. The van der Waals surface area contributed by atoms with Gasteiger partial charge >= 0.3 is 0 Å². The van der Waals surface area contributed by atoms with E-state index in [9.17, 15) is 0 Å². The molecule has 0 unspecified atom stereocenters. The van der Waals surface area contributed by atoms with Crippen LogP contribution in [-0.4, -0.2) is 36.7 Å². The van der Waals surface area contributed by atoms with Gasteiger partial charge in [0.05, 0.1) is 12.7 Å². The molecule has 0 fully saturated rings. The molecule has 20 heavy (non-hydrogen) atoms.